The van der Waals surface area contributed by atoms with Crippen molar-refractivity contribution in [3.05, 3.63) is 69.2 Å². The molecule has 0 radical (unpaired) electrons. The van der Waals surface area contributed by atoms with Crippen molar-refractivity contribution in [1.29, 1.82) is 0 Å². The van der Waals surface area contributed by atoms with Crippen molar-refractivity contribution >= 4 is 35.0 Å². The average Bonchev–Trinajstić information content (AvgIpc) is 2.45. The zero-order chi connectivity index (χ0) is 15.4. The fourth-order valence-electron chi connectivity index (χ4n) is 1.79. The Balaban J connectivity index is 2.10. The molecule has 0 saturated carbocycles. The number of nitrogens with two attached hydrogens (primary N) is 1. The Morgan fingerprint density at radius 3 is 2.52 bits per heavy atom. The molecular formula is C15H12Cl2N2O2. The van der Waals surface area contributed by atoms with E-state index >= 15 is 0 Å². The molecule has 21 heavy (non-hydrogen) atoms. The minimum atomic E-state index is -0.676. The van der Waals surface area contributed by atoms with E-state index in [4.69, 9.17) is 28.9 Å². The summed E-state index contributed by atoms with van der Waals surface area (Å²) in [6.45, 7) is 0.327. The number of amides is 2. The van der Waals surface area contributed by atoms with E-state index in [1.165, 1.54) is 18.2 Å². The first-order chi connectivity index (χ1) is 9.97. The Hall–Kier alpha value is -2.04. The van der Waals surface area contributed by atoms with Gasteiger partial charge in [-0.25, -0.2) is 0 Å². The van der Waals surface area contributed by atoms with Crippen LogP contribution in [0.5, 0.6) is 0 Å². The zero-order valence-electron chi connectivity index (χ0n) is 10.9. The van der Waals surface area contributed by atoms with Crippen molar-refractivity contribution in [2.24, 2.45) is 5.73 Å². The summed E-state index contributed by atoms with van der Waals surface area (Å²) in [5, 5.41) is 3.55. The molecule has 2 amide bonds. The van der Waals surface area contributed by atoms with E-state index < -0.39 is 5.91 Å². The SMILES string of the molecule is NC(=O)c1cc(C(=O)NCc2cccc(Cl)c2)ccc1Cl. The molecule has 0 aliphatic rings. The lowest BCUT2D eigenvalue weighted by Gasteiger charge is -2.07. The van der Waals surface area contributed by atoms with Crippen LogP contribution in [0.3, 0.4) is 0 Å². The molecule has 2 rings (SSSR count). The predicted molar refractivity (Wildman–Crippen MR) is 82.6 cm³/mol. The average molecular weight is 323 g/mol. The van der Waals surface area contributed by atoms with Crippen LogP contribution in [0, 0.1) is 0 Å². The molecule has 2 aromatic rings. The van der Waals surface area contributed by atoms with Crippen molar-refractivity contribution < 1.29 is 9.59 Å². The molecule has 0 atom stereocenters. The monoisotopic (exact) mass is 322 g/mol. The standard InChI is InChI=1S/C15H12Cl2N2O2/c16-11-3-1-2-9(6-11)8-19-15(21)10-4-5-13(17)12(7-10)14(18)20/h1-7H,8H2,(H2,18,20)(H,19,21). The first-order valence-corrected chi connectivity index (χ1v) is 6.85. The molecule has 4 nitrogen and oxygen atoms in total. The summed E-state index contributed by atoms with van der Waals surface area (Å²) < 4.78 is 0. The largest absolute Gasteiger partial charge is 0.366 e. The van der Waals surface area contributed by atoms with Crippen LogP contribution < -0.4 is 11.1 Å². The maximum atomic E-state index is 12.0. The van der Waals surface area contributed by atoms with E-state index in [2.05, 4.69) is 5.32 Å². The van der Waals surface area contributed by atoms with Gasteiger partial charge in [0, 0.05) is 17.1 Å². The van der Waals surface area contributed by atoms with Gasteiger partial charge in [0.25, 0.3) is 5.91 Å². The van der Waals surface area contributed by atoms with Crippen LogP contribution in [0.1, 0.15) is 26.3 Å². The lowest BCUT2D eigenvalue weighted by molar-refractivity contribution is 0.0951. The van der Waals surface area contributed by atoms with Crippen LogP contribution in [0.15, 0.2) is 42.5 Å². The number of carbonyl (C=O) groups excluding carboxylic acids is 2. The van der Waals surface area contributed by atoms with Crippen molar-refractivity contribution in [2.45, 2.75) is 6.54 Å². The molecular weight excluding hydrogens is 311 g/mol. The molecule has 0 aliphatic heterocycles. The second-order valence-electron chi connectivity index (χ2n) is 4.37. The number of halogens is 2. The van der Waals surface area contributed by atoms with Gasteiger partial charge in [0.2, 0.25) is 5.91 Å². The second kappa shape index (κ2) is 6.61. The highest BCUT2D eigenvalue weighted by Crippen LogP contribution is 2.17. The van der Waals surface area contributed by atoms with Gasteiger partial charge in [0.15, 0.2) is 0 Å². The molecule has 0 heterocycles. The van der Waals surface area contributed by atoms with Crippen LogP contribution in [-0.4, -0.2) is 11.8 Å². The van der Waals surface area contributed by atoms with E-state index in [0.29, 0.717) is 17.1 Å². The Morgan fingerprint density at radius 2 is 1.86 bits per heavy atom. The smallest absolute Gasteiger partial charge is 0.251 e. The van der Waals surface area contributed by atoms with E-state index in [1.807, 2.05) is 6.07 Å². The van der Waals surface area contributed by atoms with E-state index in [0.717, 1.165) is 5.56 Å². The van der Waals surface area contributed by atoms with Crippen LogP contribution in [-0.2, 0) is 6.54 Å². The number of carbonyl (C=O) groups is 2. The van der Waals surface area contributed by atoms with Gasteiger partial charge in [0.1, 0.15) is 0 Å². The molecule has 0 unspecified atom stereocenters. The van der Waals surface area contributed by atoms with Gasteiger partial charge in [0.05, 0.1) is 10.6 Å². The minimum absolute atomic E-state index is 0.118. The molecule has 0 bridgehead atoms. The van der Waals surface area contributed by atoms with Crippen molar-refractivity contribution in [3.63, 3.8) is 0 Å². The maximum absolute atomic E-state index is 12.0. The van der Waals surface area contributed by atoms with Crippen LogP contribution in [0.25, 0.3) is 0 Å². The number of nitrogens with one attached hydrogen (secondary N) is 1. The van der Waals surface area contributed by atoms with Crippen LogP contribution in [0.2, 0.25) is 10.0 Å². The molecule has 0 aliphatic carbocycles. The molecule has 0 aromatic heterocycles. The third-order valence-electron chi connectivity index (χ3n) is 2.84. The molecule has 0 fully saturated rings. The topological polar surface area (TPSA) is 72.2 Å². The highest BCUT2D eigenvalue weighted by Gasteiger charge is 2.12. The quantitative estimate of drug-likeness (QED) is 0.908. The van der Waals surface area contributed by atoms with Crippen molar-refractivity contribution in [2.75, 3.05) is 0 Å². The highest BCUT2D eigenvalue weighted by atomic mass is 35.5. The predicted octanol–water partition coefficient (Wildman–Crippen LogP) is 3.02. The summed E-state index contributed by atoms with van der Waals surface area (Å²) in [6.07, 6.45) is 0. The summed E-state index contributed by atoms with van der Waals surface area (Å²) in [5.74, 6) is -1.00. The Labute approximate surface area is 131 Å². The van der Waals surface area contributed by atoms with Gasteiger partial charge in [-0.05, 0) is 35.9 Å². The molecule has 3 N–H and O–H groups in total. The summed E-state index contributed by atoms with van der Waals surface area (Å²) in [7, 11) is 0. The summed E-state index contributed by atoms with van der Waals surface area (Å²) in [5.41, 5.74) is 6.50. The third kappa shape index (κ3) is 3.97. The molecule has 0 saturated heterocycles. The lowest BCUT2D eigenvalue weighted by Crippen LogP contribution is -2.23. The lowest BCUT2D eigenvalue weighted by atomic mass is 10.1. The number of primary amides is 1. The fraction of sp³-hybridized carbons (Fsp3) is 0.0667. The number of hydrogen-bond donors (Lipinski definition) is 2. The van der Waals surface area contributed by atoms with Gasteiger partial charge >= 0.3 is 0 Å². The Kier molecular flexibility index (Phi) is 4.83. The van der Waals surface area contributed by atoms with E-state index in [1.54, 1.807) is 18.2 Å². The van der Waals surface area contributed by atoms with E-state index in [-0.39, 0.29) is 16.5 Å². The maximum Gasteiger partial charge on any atom is 0.251 e. The molecule has 6 heteroatoms. The minimum Gasteiger partial charge on any atom is -0.366 e. The van der Waals surface area contributed by atoms with E-state index in [9.17, 15) is 9.59 Å². The van der Waals surface area contributed by atoms with Gasteiger partial charge in [-0.2, -0.15) is 0 Å². The normalized spacial score (nSPS) is 10.2. The Bertz CT molecular complexity index is 702. The van der Waals surface area contributed by atoms with Gasteiger partial charge in [-0.3, -0.25) is 9.59 Å². The van der Waals surface area contributed by atoms with Gasteiger partial charge < -0.3 is 11.1 Å². The molecule has 0 spiro atoms. The summed E-state index contributed by atoms with van der Waals surface area (Å²) in [4.78, 5) is 23.3. The summed E-state index contributed by atoms with van der Waals surface area (Å²) in [6, 6.07) is 11.5. The number of benzene rings is 2. The van der Waals surface area contributed by atoms with Crippen molar-refractivity contribution in [3.8, 4) is 0 Å². The first-order valence-electron chi connectivity index (χ1n) is 6.09. The number of hydrogen-bond acceptors (Lipinski definition) is 2. The Morgan fingerprint density at radius 1 is 1.10 bits per heavy atom. The molecule has 2 aromatic carbocycles. The van der Waals surface area contributed by atoms with Gasteiger partial charge in [-0.15, -0.1) is 0 Å². The third-order valence-corrected chi connectivity index (χ3v) is 3.40. The fourth-order valence-corrected chi connectivity index (χ4v) is 2.21. The number of rotatable bonds is 4. The first kappa shape index (κ1) is 15.4. The highest BCUT2D eigenvalue weighted by molar-refractivity contribution is 6.34. The van der Waals surface area contributed by atoms with Crippen LogP contribution in [0.4, 0.5) is 0 Å². The van der Waals surface area contributed by atoms with Crippen molar-refractivity contribution in [1.82, 2.24) is 5.32 Å². The van der Waals surface area contributed by atoms with Crippen LogP contribution >= 0.6 is 23.2 Å². The second-order valence-corrected chi connectivity index (χ2v) is 5.22. The van der Waals surface area contributed by atoms with Gasteiger partial charge in [-0.1, -0.05) is 35.3 Å². The molecule has 108 valence electrons. The zero-order valence-corrected chi connectivity index (χ0v) is 12.4. The summed E-state index contributed by atoms with van der Waals surface area (Å²) >= 11 is 11.7.